The summed E-state index contributed by atoms with van der Waals surface area (Å²) in [6.07, 6.45) is 0. The van der Waals surface area contributed by atoms with E-state index >= 15 is 0 Å². The topological polar surface area (TPSA) is 43.6 Å². The van der Waals surface area contributed by atoms with Gasteiger partial charge in [-0.15, -0.1) is 0 Å². The molecule has 0 radical (unpaired) electrons. The Labute approximate surface area is 258 Å². The summed E-state index contributed by atoms with van der Waals surface area (Å²) in [7, 11) is 0. The Hall–Kier alpha value is -6.13. The van der Waals surface area contributed by atoms with Crippen LogP contribution in [0, 0.1) is 0 Å². The van der Waals surface area contributed by atoms with Crippen LogP contribution in [-0.4, -0.2) is 19.5 Å². The second kappa shape index (κ2) is 9.18. The number of benzene rings is 7. The monoisotopic (exact) mass is 572 g/mol. The first-order valence-corrected chi connectivity index (χ1v) is 15.2. The third-order valence-corrected chi connectivity index (χ3v) is 9.17. The molecule has 0 saturated carbocycles. The fourth-order valence-corrected chi connectivity index (χ4v) is 7.25. The van der Waals surface area contributed by atoms with Crippen molar-refractivity contribution in [2.75, 3.05) is 0 Å². The number of rotatable bonds is 3. The molecule has 0 unspecified atom stereocenters. The van der Waals surface area contributed by atoms with Gasteiger partial charge in [0.25, 0.3) is 0 Å². The van der Waals surface area contributed by atoms with Crippen molar-refractivity contribution in [3.8, 4) is 51.0 Å². The van der Waals surface area contributed by atoms with E-state index in [0.29, 0.717) is 17.6 Å². The molecule has 1 aliphatic rings. The molecule has 2 aromatic heterocycles. The molecule has 0 aliphatic heterocycles. The van der Waals surface area contributed by atoms with Gasteiger partial charge in [0, 0.05) is 21.9 Å². The van der Waals surface area contributed by atoms with Crippen molar-refractivity contribution in [1.29, 1.82) is 0 Å². The molecular weight excluding hydrogens is 548 g/mol. The molecule has 9 aromatic rings. The van der Waals surface area contributed by atoms with Crippen LogP contribution in [0.1, 0.15) is 0 Å². The summed E-state index contributed by atoms with van der Waals surface area (Å²) in [6, 6.07) is 51.3. The smallest absolute Gasteiger partial charge is 0.238 e. The second-order valence-electron chi connectivity index (χ2n) is 11.6. The lowest BCUT2D eigenvalue weighted by atomic mass is 9.96. The molecule has 0 N–H and O–H groups in total. The fourth-order valence-electron chi connectivity index (χ4n) is 7.25. The summed E-state index contributed by atoms with van der Waals surface area (Å²) in [4.78, 5) is 15.4. The quantitative estimate of drug-likeness (QED) is 0.212. The summed E-state index contributed by atoms with van der Waals surface area (Å²) in [6.45, 7) is 0. The van der Waals surface area contributed by atoms with E-state index in [0.717, 1.165) is 22.2 Å². The number of nitrogens with zero attached hydrogens (tertiary/aromatic N) is 4. The van der Waals surface area contributed by atoms with Gasteiger partial charge in [-0.2, -0.15) is 9.97 Å². The lowest BCUT2D eigenvalue weighted by Crippen LogP contribution is -2.06. The third-order valence-electron chi connectivity index (χ3n) is 9.17. The fraction of sp³-hybridized carbons (Fsp3) is 0. The highest BCUT2D eigenvalue weighted by molar-refractivity contribution is 6.33. The van der Waals surface area contributed by atoms with Crippen molar-refractivity contribution in [1.82, 2.24) is 19.5 Å². The summed E-state index contributed by atoms with van der Waals surface area (Å²) >= 11 is 0. The highest BCUT2D eigenvalue weighted by Gasteiger charge is 2.27. The highest BCUT2D eigenvalue weighted by Crippen LogP contribution is 2.51. The molecule has 45 heavy (non-hydrogen) atoms. The Morgan fingerprint density at radius 3 is 1.69 bits per heavy atom. The van der Waals surface area contributed by atoms with Crippen molar-refractivity contribution in [2.45, 2.75) is 0 Å². The molecule has 1 aliphatic carbocycles. The average Bonchev–Trinajstić information content (AvgIpc) is 3.63. The lowest BCUT2D eigenvalue weighted by molar-refractivity contribution is 0.954. The number of aromatic nitrogens is 4. The molecule has 0 bridgehead atoms. The summed E-state index contributed by atoms with van der Waals surface area (Å²) < 4.78 is 2.25. The maximum Gasteiger partial charge on any atom is 0.238 e. The van der Waals surface area contributed by atoms with Crippen molar-refractivity contribution >= 4 is 43.4 Å². The first kappa shape index (κ1) is 24.3. The predicted octanol–water partition coefficient (Wildman–Crippen LogP) is 10.3. The van der Waals surface area contributed by atoms with Gasteiger partial charge < -0.3 is 0 Å². The van der Waals surface area contributed by atoms with Crippen LogP contribution in [0.15, 0.2) is 146 Å². The zero-order chi connectivity index (χ0) is 29.5. The molecule has 0 spiro atoms. The highest BCUT2D eigenvalue weighted by atomic mass is 15.2. The van der Waals surface area contributed by atoms with Gasteiger partial charge in [-0.25, -0.2) is 4.98 Å². The predicted molar refractivity (Wildman–Crippen MR) is 184 cm³/mol. The Kier molecular flexibility index (Phi) is 4.96. The maximum absolute atomic E-state index is 5.19. The first-order chi connectivity index (χ1) is 22.3. The molecule has 7 aromatic carbocycles. The van der Waals surface area contributed by atoms with E-state index in [4.69, 9.17) is 15.0 Å². The van der Waals surface area contributed by atoms with Crippen LogP contribution in [-0.2, 0) is 0 Å². The van der Waals surface area contributed by atoms with Gasteiger partial charge in [0.15, 0.2) is 11.6 Å². The molecule has 4 nitrogen and oxygen atoms in total. The molecule has 0 amide bonds. The van der Waals surface area contributed by atoms with Crippen LogP contribution in [0.25, 0.3) is 94.3 Å². The molecular formula is C41H24N4. The molecule has 4 heteroatoms. The van der Waals surface area contributed by atoms with E-state index in [9.17, 15) is 0 Å². The van der Waals surface area contributed by atoms with E-state index in [1.807, 2.05) is 36.4 Å². The summed E-state index contributed by atoms with van der Waals surface area (Å²) in [5.74, 6) is 1.90. The lowest BCUT2D eigenvalue weighted by Gasteiger charge is -2.12. The average molecular weight is 573 g/mol. The van der Waals surface area contributed by atoms with Crippen molar-refractivity contribution in [3.63, 3.8) is 0 Å². The minimum atomic E-state index is 0.604. The minimum Gasteiger partial charge on any atom is -0.278 e. The van der Waals surface area contributed by atoms with E-state index in [1.54, 1.807) is 0 Å². The summed E-state index contributed by atoms with van der Waals surface area (Å²) in [5, 5.41) is 7.42. The Bertz CT molecular complexity index is 2580. The van der Waals surface area contributed by atoms with Gasteiger partial charge in [0.05, 0.1) is 11.0 Å². The molecule has 208 valence electrons. The first-order valence-electron chi connectivity index (χ1n) is 15.2. The van der Waals surface area contributed by atoms with Crippen LogP contribution >= 0.6 is 0 Å². The van der Waals surface area contributed by atoms with Crippen LogP contribution in [0.4, 0.5) is 0 Å². The van der Waals surface area contributed by atoms with Crippen molar-refractivity contribution in [3.05, 3.63) is 146 Å². The van der Waals surface area contributed by atoms with Crippen LogP contribution < -0.4 is 0 Å². The van der Waals surface area contributed by atoms with E-state index in [-0.39, 0.29) is 0 Å². The Balaban J connectivity index is 1.40. The standard InChI is InChI=1S/C41H24N4/c1-3-13-26(14-4-1)39-42-40(27-15-5-2-6-16-27)44-41(43-39)45-34-23-22-25-12-7-8-17-28(25)37(34)38-32-21-11-20-31-29-18-9-10-19-30(29)33(36(31)32)24-35(38)45/h1-24H. The molecule has 0 atom stereocenters. The normalized spacial score (nSPS) is 12.0. The summed E-state index contributed by atoms with van der Waals surface area (Å²) in [5.41, 5.74) is 9.14. The maximum atomic E-state index is 5.19. The third kappa shape index (κ3) is 3.45. The van der Waals surface area contributed by atoms with E-state index in [1.165, 1.54) is 54.6 Å². The Morgan fingerprint density at radius 1 is 0.378 bits per heavy atom. The van der Waals surface area contributed by atoms with E-state index in [2.05, 4.69) is 114 Å². The number of hydrogen-bond donors (Lipinski definition) is 0. The largest absolute Gasteiger partial charge is 0.278 e. The second-order valence-corrected chi connectivity index (χ2v) is 11.6. The van der Waals surface area contributed by atoms with Crippen LogP contribution in [0.5, 0.6) is 0 Å². The van der Waals surface area contributed by atoms with Gasteiger partial charge in [-0.05, 0) is 55.9 Å². The molecule has 2 heterocycles. The SMILES string of the molecule is c1ccc(-c2nc(-c3ccccc3)nc(-n3c4ccc5ccccc5c4c4c5cccc6c5c(cc43)-c3ccccc3-6)n2)cc1. The van der Waals surface area contributed by atoms with Gasteiger partial charge >= 0.3 is 0 Å². The van der Waals surface area contributed by atoms with Gasteiger partial charge in [-0.3, -0.25) is 4.57 Å². The van der Waals surface area contributed by atoms with Crippen molar-refractivity contribution < 1.29 is 0 Å². The molecule has 0 saturated heterocycles. The molecule has 0 fully saturated rings. The molecule has 10 rings (SSSR count). The zero-order valence-corrected chi connectivity index (χ0v) is 24.1. The van der Waals surface area contributed by atoms with Crippen molar-refractivity contribution in [2.24, 2.45) is 0 Å². The minimum absolute atomic E-state index is 0.604. The van der Waals surface area contributed by atoms with Gasteiger partial charge in [0.1, 0.15) is 0 Å². The Morgan fingerprint density at radius 2 is 0.956 bits per heavy atom. The number of fused-ring (bicyclic) bond motifs is 9. The zero-order valence-electron chi connectivity index (χ0n) is 24.1. The van der Waals surface area contributed by atoms with Gasteiger partial charge in [-0.1, -0.05) is 133 Å². The van der Waals surface area contributed by atoms with Crippen LogP contribution in [0.3, 0.4) is 0 Å². The van der Waals surface area contributed by atoms with Crippen LogP contribution in [0.2, 0.25) is 0 Å². The van der Waals surface area contributed by atoms with Gasteiger partial charge in [0.2, 0.25) is 5.95 Å². The number of hydrogen-bond acceptors (Lipinski definition) is 3. The van der Waals surface area contributed by atoms with E-state index < -0.39 is 0 Å².